The summed E-state index contributed by atoms with van der Waals surface area (Å²) >= 11 is 1.55. The Morgan fingerprint density at radius 2 is 2.17 bits per heavy atom. The quantitative estimate of drug-likeness (QED) is 0.846. The molecule has 1 unspecified atom stereocenters. The summed E-state index contributed by atoms with van der Waals surface area (Å²) in [6.45, 7) is 6.71. The largest absolute Gasteiger partial charge is 0.347 e. The zero-order valence-electron chi connectivity index (χ0n) is 11.3. The van der Waals surface area contributed by atoms with Crippen LogP contribution in [-0.2, 0) is 0 Å². The van der Waals surface area contributed by atoms with Crippen LogP contribution in [0.3, 0.4) is 0 Å². The molecule has 5 heteroatoms. The van der Waals surface area contributed by atoms with Crippen LogP contribution >= 0.6 is 23.7 Å². The Morgan fingerprint density at radius 3 is 2.61 bits per heavy atom. The Balaban J connectivity index is 0.00000289. The van der Waals surface area contributed by atoms with E-state index in [0.717, 1.165) is 24.1 Å². The molecule has 1 heterocycles. The monoisotopic (exact) mass is 290 g/mol. The normalized spacial score (nSPS) is 11.8. The second-order valence-electron chi connectivity index (χ2n) is 4.40. The average molecular weight is 291 g/mol. The first-order valence-corrected chi connectivity index (χ1v) is 6.98. The van der Waals surface area contributed by atoms with Crippen LogP contribution in [0.5, 0.6) is 0 Å². The molecule has 0 aromatic carbocycles. The highest BCUT2D eigenvalue weighted by atomic mass is 35.5. The van der Waals surface area contributed by atoms with Crippen LogP contribution in [0.25, 0.3) is 0 Å². The third-order valence-electron chi connectivity index (χ3n) is 2.92. The molecular formula is C13H23ClN2OS. The van der Waals surface area contributed by atoms with Crippen molar-refractivity contribution in [1.82, 2.24) is 5.32 Å². The maximum absolute atomic E-state index is 12.0. The number of carbonyl (C=O) groups is 1. The number of hydrogen-bond donors (Lipinski definition) is 2. The van der Waals surface area contributed by atoms with Gasteiger partial charge < -0.3 is 11.1 Å². The summed E-state index contributed by atoms with van der Waals surface area (Å²) in [6, 6.07) is 2.05. The topological polar surface area (TPSA) is 55.1 Å². The molecule has 1 amide bonds. The highest BCUT2D eigenvalue weighted by Gasteiger charge is 2.14. The van der Waals surface area contributed by atoms with Crippen molar-refractivity contribution < 1.29 is 4.79 Å². The highest BCUT2D eigenvalue weighted by Crippen LogP contribution is 2.20. The maximum Gasteiger partial charge on any atom is 0.261 e. The van der Waals surface area contributed by atoms with Crippen molar-refractivity contribution in [2.75, 3.05) is 6.54 Å². The van der Waals surface area contributed by atoms with Gasteiger partial charge in [-0.25, -0.2) is 0 Å². The third-order valence-corrected chi connectivity index (χ3v) is 4.07. The second-order valence-corrected chi connectivity index (χ2v) is 5.65. The summed E-state index contributed by atoms with van der Waals surface area (Å²) in [7, 11) is 0. The number of rotatable bonds is 6. The molecule has 0 saturated carbocycles. The number of thiophene rings is 1. The molecular weight excluding hydrogens is 268 g/mol. The number of amides is 1. The van der Waals surface area contributed by atoms with E-state index in [4.69, 9.17) is 5.73 Å². The molecule has 3 nitrogen and oxygen atoms in total. The summed E-state index contributed by atoms with van der Waals surface area (Å²) in [6.07, 6.45) is 3.19. The van der Waals surface area contributed by atoms with E-state index in [1.165, 1.54) is 10.4 Å². The van der Waals surface area contributed by atoms with Crippen molar-refractivity contribution >= 4 is 29.7 Å². The van der Waals surface area contributed by atoms with Gasteiger partial charge in [-0.3, -0.25) is 4.79 Å². The lowest BCUT2D eigenvalue weighted by atomic mass is 10.1. The number of nitrogens with two attached hydrogens (primary N) is 1. The fourth-order valence-corrected chi connectivity index (χ4v) is 2.58. The van der Waals surface area contributed by atoms with Gasteiger partial charge in [-0.15, -0.1) is 23.7 Å². The van der Waals surface area contributed by atoms with Gasteiger partial charge >= 0.3 is 0 Å². The van der Waals surface area contributed by atoms with Crippen LogP contribution in [-0.4, -0.2) is 18.5 Å². The van der Waals surface area contributed by atoms with Gasteiger partial charge in [0.15, 0.2) is 0 Å². The molecule has 0 bridgehead atoms. The van der Waals surface area contributed by atoms with Crippen molar-refractivity contribution in [2.24, 2.45) is 5.73 Å². The first-order chi connectivity index (χ1) is 8.08. The second kappa shape index (κ2) is 8.51. The predicted octanol–water partition coefficient (Wildman–Crippen LogP) is 3.03. The van der Waals surface area contributed by atoms with E-state index in [-0.39, 0.29) is 24.4 Å². The molecule has 0 aliphatic carbocycles. The molecule has 1 aromatic rings. The summed E-state index contributed by atoms with van der Waals surface area (Å²) < 4.78 is 0. The maximum atomic E-state index is 12.0. The van der Waals surface area contributed by atoms with Crippen LogP contribution < -0.4 is 11.1 Å². The van der Waals surface area contributed by atoms with Crippen LogP contribution in [0.1, 0.15) is 46.3 Å². The van der Waals surface area contributed by atoms with Gasteiger partial charge in [0, 0.05) is 17.5 Å². The van der Waals surface area contributed by atoms with Crippen LogP contribution in [0, 0.1) is 13.8 Å². The van der Waals surface area contributed by atoms with E-state index in [9.17, 15) is 4.79 Å². The van der Waals surface area contributed by atoms with Crippen molar-refractivity contribution in [3.8, 4) is 0 Å². The van der Waals surface area contributed by atoms with Crippen LogP contribution in [0.15, 0.2) is 6.07 Å². The standard InChI is InChI=1S/C13H22N2OS.ClH/c1-4-5-6-11(8-14)15-13(16)12-7-9(2)10(3)17-12;/h7,11H,4-6,8,14H2,1-3H3,(H,15,16);1H. The molecule has 1 aromatic heterocycles. The molecule has 0 saturated heterocycles. The van der Waals surface area contributed by atoms with Crippen molar-refractivity contribution in [3.05, 3.63) is 21.4 Å². The first kappa shape index (κ1) is 17.4. The van der Waals surface area contributed by atoms with Crippen LogP contribution in [0.4, 0.5) is 0 Å². The minimum Gasteiger partial charge on any atom is -0.347 e. The number of unbranched alkanes of at least 4 members (excludes halogenated alkanes) is 1. The Kier molecular flexibility index (Phi) is 8.24. The number of carbonyl (C=O) groups excluding carboxylic acids is 1. The Hall–Kier alpha value is -0.580. The van der Waals surface area contributed by atoms with Gasteiger partial charge in [-0.2, -0.15) is 0 Å². The minimum atomic E-state index is 0. The lowest BCUT2D eigenvalue weighted by molar-refractivity contribution is 0.0940. The Morgan fingerprint density at radius 1 is 1.50 bits per heavy atom. The summed E-state index contributed by atoms with van der Waals surface area (Å²) in [5, 5.41) is 3.00. The van der Waals surface area contributed by atoms with E-state index in [2.05, 4.69) is 12.2 Å². The van der Waals surface area contributed by atoms with Crippen molar-refractivity contribution in [3.63, 3.8) is 0 Å². The number of halogens is 1. The zero-order valence-corrected chi connectivity index (χ0v) is 12.9. The van der Waals surface area contributed by atoms with Crippen molar-refractivity contribution in [2.45, 2.75) is 46.1 Å². The van der Waals surface area contributed by atoms with Gasteiger partial charge in [-0.05, 0) is 31.9 Å². The first-order valence-electron chi connectivity index (χ1n) is 6.16. The molecule has 1 atom stereocenters. The number of aryl methyl sites for hydroxylation is 2. The van der Waals surface area contributed by atoms with Gasteiger partial charge in [0.1, 0.15) is 0 Å². The zero-order chi connectivity index (χ0) is 12.8. The fraction of sp³-hybridized carbons (Fsp3) is 0.615. The summed E-state index contributed by atoms with van der Waals surface area (Å²) in [5.74, 6) is 0.0118. The van der Waals surface area contributed by atoms with E-state index in [1.54, 1.807) is 11.3 Å². The van der Waals surface area contributed by atoms with Gasteiger partial charge in [0.2, 0.25) is 0 Å². The minimum absolute atomic E-state index is 0. The van der Waals surface area contributed by atoms with E-state index in [0.29, 0.717) is 6.54 Å². The fourth-order valence-electron chi connectivity index (χ4n) is 1.64. The lowest BCUT2D eigenvalue weighted by Crippen LogP contribution is -2.39. The van der Waals surface area contributed by atoms with Crippen LogP contribution in [0.2, 0.25) is 0 Å². The Bertz CT molecular complexity index is 360. The summed E-state index contributed by atoms with van der Waals surface area (Å²) in [5.41, 5.74) is 6.84. The SMILES string of the molecule is CCCCC(CN)NC(=O)c1cc(C)c(C)s1.Cl. The van der Waals surface area contributed by atoms with Gasteiger partial charge in [0.25, 0.3) is 5.91 Å². The third kappa shape index (κ3) is 4.96. The average Bonchev–Trinajstić information content (AvgIpc) is 2.65. The van der Waals surface area contributed by atoms with E-state index >= 15 is 0 Å². The van der Waals surface area contributed by atoms with E-state index in [1.807, 2.05) is 19.9 Å². The number of nitrogens with one attached hydrogen (secondary N) is 1. The smallest absolute Gasteiger partial charge is 0.261 e. The van der Waals surface area contributed by atoms with E-state index < -0.39 is 0 Å². The van der Waals surface area contributed by atoms with Crippen molar-refractivity contribution in [1.29, 1.82) is 0 Å². The molecule has 104 valence electrons. The van der Waals surface area contributed by atoms with Gasteiger partial charge in [-0.1, -0.05) is 19.8 Å². The predicted molar refractivity (Wildman–Crippen MR) is 80.9 cm³/mol. The van der Waals surface area contributed by atoms with Gasteiger partial charge in [0.05, 0.1) is 4.88 Å². The highest BCUT2D eigenvalue weighted by molar-refractivity contribution is 7.14. The molecule has 18 heavy (non-hydrogen) atoms. The molecule has 0 radical (unpaired) electrons. The lowest BCUT2D eigenvalue weighted by Gasteiger charge is -2.15. The number of hydrogen-bond acceptors (Lipinski definition) is 3. The molecule has 0 aliphatic heterocycles. The Labute approximate surface area is 120 Å². The molecule has 1 rings (SSSR count). The molecule has 0 aliphatic rings. The molecule has 3 N–H and O–H groups in total. The molecule has 0 fully saturated rings. The molecule has 0 spiro atoms. The summed E-state index contributed by atoms with van der Waals surface area (Å²) in [4.78, 5) is 14.0.